The molecule has 0 aliphatic carbocycles. The third kappa shape index (κ3) is 3.09. The van der Waals surface area contributed by atoms with Crippen LogP contribution in [-0.4, -0.2) is 21.5 Å². The number of halogens is 2. The predicted molar refractivity (Wildman–Crippen MR) is 79.1 cm³/mol. The SMILES string of the molecule is CC(=O)Oc1c(C(=O)c2ccc(Cl)cc2Cl)c(C)nn1C. The fourth-order valence-electron chi connectivity index (χ4n) is 1.96. The number of esters is 1. The Morgan fingerprint density at radius 1 is 1.29 bits per heavy atom. The minimum absolute atomic E-state index is 0.0935. The lowest BCUT2D eigenvalue weighted by Gasteiger charge is -2.07. The molecule has 1 aromatic carbocycles. The lowest BCUT2D eigenvalue weighted by molar-refractivity contribution is -0.132. The molecule has 0 amide bonds. The molecule has 7 heteroatoms. The molecular formula is C14H12Cl2N2O3. The van der Waals surface area contributed by atoms with E-state index in [9.17, 15) is 9.59 Å². The summed E-state index contributed by atoms with van der Waals surface area (Å²) in [7, 11) is 1.59. The maximum absolute atomic E-state index is 12.6. The highest BCUT2D eigenvalue weighted by atomic mass is 35.5. The third-order valence-corrected chi connectivity index (χ3v) is 3.36. The molecule has 0 saturated carbocycles. The van der Waals surface area contributed by atoms with Gasteiger partial charge in [0.05, 0.1) is 10.7 Å². The minimum atomic E-state index is -0.533. The van der Waals surface area contributed by atoms with E-state index >= 15 is 0 Å². The van der Waals surface area contributed by atoms with E-state index in [1.807, 2.05) is 0 Å². The van der Waals surface area contributed by atoms with Gasteiger partial charge in [-0.1, -0.05) is 23.2 Å². The van der Waals surface area contributed by atoms with Crippen LogP contribution >= 0.6 is 23.2 Å². The number of carbonyl (C=O) groups excluding carboxylic acids is 2. The molecule has 0 aliphatic heterocycles. The Hall–Kier alpha value is -1.85. The molecule has 1 aromatic heterocycles. The number of hydrogen-bond donors (Lipinski definition) is 0. The molecule has 5 nitrogen and oxygen atoms in total. The molecular weight excluding hydrogens is 315 g/mol. The summed E-state index contributed by atoms with van der Waals surface area (Å²) in [5.74, 6) is -0.816. The van der Waals surface area contributed by atoms with Gasteiger partial charge in [0.15, 0.2) is 0 Å². The second kappa shape index (κ2) is 5.87. The molecule has 0 unspecified atom stereocenters. The number of hydrogen-bond acceptors (Lipinski definition) is 4. The van der Waals surface area contributed by atoms with Crippen LogP contribution in [-0.2, 0) is 11.8 Å². The first kappa shape index (κ1) is 15.5. The van der Waals surface area contributed by atoms with Crippen molar-refractivity contribution in [3.63, 3.8) is 0 Å². The van der Waals surface area contributed by atoms with Crippen LogP contribution in [0.1, 0.15) is 28.5 Å². The zero-order valence-corrected chi connectivity index (χ0v) is 13.1. The monoisotopic (exact) mass is 326 g/mol. The quantitative estimate of drug-likeness (QED) is 0.642. The molecule has 0 atom stereocenters. The highest BCUT2D eigenvalue weighted by Crippen LogP contribution is 2.29. The molecule has 0 saturated heterocycles. The predicted octanol–water partition coefficient (Wildman–Crippen LogP) is 3.19. The molecule has 0 aliphatic rings. The lowest BCUT2D eigenvalue weighted by Crippen LogP contribution is -2.11. The normalized spacial score (nSPS) is 10.5. The lowest BCUT2D eigenvalue weighted by atomic mass is 10.0. The van der Waals surface area contributed by atoms with Gasteiger partial charge in [0.2, 0.25) is 11.7 Å². The molecule has 2 aromatic rings. The smallest absolute Gasteiger partial charge is 0.309 e. The molecule has 0 N–H and O–H groups in total. The standard InChI is InChI=1S/C14H12Cl2N2O3/c1-7-12(14(18(3)17-7)21-8(2)19)13(20)10-5-4-9(15)6-11(10)16/h4-6H,1-3H3. The average Bonchev–Trinajstić information content (AvgIpc) is 2.62. The van der Waals surface area contributed by atoms with Crippen molar-refractivity contribution in [1.82, 2.24) is 9.78 Å². The Labute approximate surface area is 131 Å². The van der Waals surface area contributed by atoms with Crippen molar-refractivity contribution in [2.45, 2.75) is 13.8 Å². The van der Waals surface area contributed by atoms with Crippen LogP contribution < -0.4 is 4.74 Å². The summed E-state index contributed by atoms with van der Waals surface area (Å²) in [6.07, 6.45) is 0. The molecule has 21 heavy (non-hydrogen) atoms. The van der Waals surface area contributed by atoms with Crippen molar-refractivity contribution in [2.24, 2.45) is 7.05 Å². The van der Waals surface area contributed by atoms with Gasteiger partial charge in [-0.05, 0) is 25.1 Å². The highest BCUT2D eigenvalue weighted by Gasteiger charge is 2.25. The second-order valence-corrected chi connectivity index (χ2v) is 5.28. The molecule has 0 radical (unpaired) electrons. The Balaban J connectivity index is 2.55. The molecule has 0 spiro atoms. The van der Waals surface area contributed by atoms with E-state index in [1.165, 1.54) is 23.7 Å². The Bertz CT molecular complexity index is 738. The van der Waals surface area contributed by atoms with Crippen LogP contribution in [0.3, 0.4) is 0 Å². The number of rotatable bonds is 3. The van der Waals surface area contributed by atoms with Crippen molar-refractivity contribution in [3.05, 3.63) is 45.1 Å². The molecule has 2 rings (SSSR count). The maximum atomic E-state index is 12.6. The Morgan fingerprint density at radius 3 is 2.52 bits per heavy atom. The summed E-state index contributed by atoms with van der Waals surface area (Å²) < 4.78 is 6.42. The number of ether oxygens (including phenoxy) is 1. The van der Waals surface area contributed by atoms with Gasteiger partial charge in [0.1, 0.15) is 5.56 Å². The topological polar surface area (TPSA) is 61.2 Å². The number of ketones is 1. The minimum Gasteiger partial charge on any atom is -0.407 e. The van der Waals surface area contributed by atoms with E-state index in [0.717, 1.165) is 0 Å². The van der Waals surface area contributed by atoms with Crippen molar-refractivity contribution in [3.8, 4) is 5.88 Å². The number of benzene rings is 1. The summed E-state index contributed by atoms with van der Waals surface area (Å²) in [6.45, 7) is 2.91. The molecule has 110 valence electrons. The number of aryl methyl sites for hydroxylation is 2. The van der Waals surface area contributed by atoms with Crippen molar-refractivity contribution in [1.29, 1.82) is 0 Å². The first-order valence-electron chi connectivity index (χ1n) is 6.03. The maximum Gasteiger partial charge on any atom is 0.309 e. The van der Waals surface area contributed by atoms with Gasteiger partial charge in [0.25, 0.3) is 0 Å². The zero-order valence-electron chi connectivity index (χ0n) is 11.6. The van der Waals surface area contributed by atoms with Gasteiger partial charge in [-0.25, -0.2) is 4.68 Å². The van der Waals surface area contributed by atoms with Crippen molar-refractivity contribution >= 4 is 35.0 Å². The number of carbonyl (C=O) groups is 2. The zero-order chi connectivity index (χ0) is 15.7. The van der Waals surface area contributed by atoms with Crippen molar-refractivity contribution in [2.75, 3.05) is 0 Å². The van der Waals surface area contributed by atoms with E-state index in [1.54, 1.807) is 20.0 Å². The first-order chi connectivity index (χ1) is 9.81. The van der Waals surface area contributed by atoms with Gasteiger partial charge in [-0.2, -0.15) is 5.10 Å². The summed E-state index contributed by atoms with van der Waals surface area (Å²) in [5.41, 5.74) is 0.923. The van der Waals surface area contributed by atoms with Crippen LogP contribution in [0, 0.1) is 6.92 Å². The largest absolute Gasteiger partial charge is 0.407 e. The summed E-state index contributed by atoms with van der Waals surface area (Å²) in [6, 6.07) is 4.57. The van der Waals surface area contributed by atoms with Crippen LogP contribution in [0.25, 0.3) is 0 Å². The van der Waals surface area contributed by atoms with Crippen LogP contribution in [0.4, 0.5) is 0 Å². The summed E-state index contributed by atoms with van der Waals surface area (Å²) in [4.78, 5) is 23.8. The van der Waals surface area contributed by atoms with Gasteiger partial charge in [0, 0.05) is 24.6 Å². The second-order valence-electron chi connectivity index (χ2n) is 4.44. The van der Waals surface area contributed by atoms with Crippen molar-refractivity contribution < 1.29 is 14.3 Å². The summed E-state index contributed by atoms with van der Waals surface area (Å²) >= 11 is 11.9. The van der Waals surface area contributed by atoms with E-state index in [2.05, 4.69) is 5.10 Å². The van der Waals surface area contributed by atoms with Crippen LogP contribution in [0.5, 0.6) is 5.88 Å². The van der Waals surface area contributed by atoms with Gasteiger partial charge in [-0.15, -0.1) is 0 Å². The van der Waals surface area contributed by atoms with E-state index in [-0.39, 0.29) is 27.8 Å². The highest BCUT2D eigenvalue weighted by molar-refractivity contribution is 6.37. The Morgan fingerprint density at radius 2 is 1.95 bits per heavy atom. The van der Waals surface area contributed by atoms with Gasteiger partial charge < -0.3 is 4.74 Å². The molecule has 1 heterocycles. The van der Waals surface area contributed by atoms with Gasteiger partial charge in [-0.3, -0.25) is 9.59 Å². The number of aromatic nitrogens is 2. The fourth-order valence-corrected chi connectivity index (χ4v) is 2.45. The molecule has 0 fully saturated rings. The van der Waals surface area contributed by atoms with E-state index in [0.29, 0.717) is 10.7 Å². The Kier molecular flexibility index (Phi) is 4.34. The first-order valence-corrected chi connectivity index (χ1v) is 6.78. The summed E-state index contributed by atoms with van der Waals surface area (Å²) in [5, 5.41) is 4.76. The third-order valence-electron chi connectivity index (χ3n) is 2.81. The van der Waals surface area contributed by atoms with E-state index in [4.69, 9.17) is 27.9 Å². The average molecular weight is 327 g/mol. The number of nitrogens with zero attached hydrogens (tertiary/aromatic N) is 2. The van der Waals surface area contributed by atoms with Crippen LogP contribution in [0.2, 0.25) is 10.0 Å². The fraction of sp³-hybridized carbons (Fsp3) is 0.214. The van der Waals surface area contributed by atoms with Gasteiger partial charge >= 0.3 is 5.97 Å². The molecule has 0 bridgehead atoms. The van der Waals surface area contributed by atoms with E-state index < -0.39 is 5.97 Å². The van der Waals surface area contributed by atoms with Crippen LogP contribution in [0.15, 0.2) is 18.2 Å².